The molecule has 0 spiro atoms. The van der Waals surface area contributed by atoms with Gasteiger partial charge in [-0.05, 0) is 48.9 Å². The van der Waals surface area contributed by atoms with E-state index in [1.165, 1.54) is 0 Å². The average molecular weight is 329 g/mol. The monoisotopic (exact) mass is 328 g/mol. The molecule has 1 aromatic heterocycles. The zero-order chi connectivity index (χ0) is 16.2. The van der Waals surface area contributed by atoms with Crippen LogP contribution in [-0.4, -0.2) is 10.9 Å². The molecule has 4 nitrogen and oxygen atoms in total. The van der Waals surface area contributed by atoms with Crippen LogP contribution in [0, 0.1) is 0 Å². The van der Waals surface area contributed by atoms with Crippen molar-refractivity contribution in [3.05, 3.63) is 47.5 Å². The van der Waals surface area contributed by atoms with E-state index in [4.69, 9.17) is 16.0 Å². The van der Waals surface area contributed by atoms with Gasteiger partial charge in [-0.15, -0.1) is 0 Å². The number of nitrogens with zero attached hydrogens (tertiary/aromatic N) is 1. The molecule has 1 N–H and O–H groups in total. The van der Waals surface area contributed by atoms with Gasteiger partial charge in [0.2, 0.25) is 11.8 Å². The van der Waals surface area contributed by atoms with E-state index in [0.717, 1.165) is 24.1 Å². The average Bonchev–Trinajstić information content (AvgIpc) is 2.96. The van der Waals surface area contributed by atoms with Crippen LogP contribution in [-0.2, 0) is 4.79 Å². The number of aromatic nitrogens is 1. The predicted octanol–water partition coefficient (Wildman–Crippen LogP) is 5.28. The van der Waals surface area contributed by atoms with Crippen LogP contribution < -0.4 is 5.32 Å². The van der Waals surface area contributed by atoms with Gasteiger partial charge >= 0.3 is 0 Å². The van der Waals surface area contributed by atoms with Crippen molar-refractivity contribution in [1.82, 2.24) is 4.98 Å². The van der Waals surface area contributed by atoms with Gasteiger partial charge in [-0.3, -0.25) is 4.79 Å². The summed E-state index contributed by atoms with van der Waals surface area (Å²) in [4.78, 5) is 16.3. The Kier molecular flexibility index (Phi) is 4.63. The van der Waals surface area contributed by atoms with E-state index < -0.39 is 0 Å². The zero-order valence-electron chi connectivity index (χ0n) is 12.8. The van der Waals surface area contributed by atoms with Crippen molar-refractivity contribution in [2.75, 3.05) is 5.32 Å². The quantitative estimate of drug-likeness (QED) is 0.693. The lowest BCUT2D eigenvalue weighted by atomic mass is 10.2. The van der Waals surface area contributed by atoms with Crippen molar-refractivity contribution >= 4 is 34.3 Å². The highest BCUT2D eigenvalue weighted by Gasteiger charge is 2.10. The minimum absolute atomic E-state index is 0.0209. The number of carbonyl (C=O) groups is 1. The molecule has 23 heavy (non-hydrogen) atoms. The highest BCUT2D eigenvalue weighted by molar-refractivity contribution is 6.30. The van der Waals surface area contributed by atoms with Crippen LogP contribution in [0.4, 0.5) is 5.69 Å². The first kappa shape index (κ1) is 15.6. The minimum atomic E-state index is 0.0209. The smallest absolute Gasteiger partial charge is 0.227 e. The number of hydrogen-bond donors (Lipinski definition) is 1. The summed E-state index contributed by atoms with van der Waals surface area (Å²) in [7, 11) is 0. The molecule has 3 rings (SSSR count). The fourth-order valence-electron chi connectivity index (χ4n) is 2.28. The number of amides is 1. The lowest BCUT2D eigenvalue weighted by Crippen LogP contribution is -2.10. The van der Waals surface area contributed by atoms with Crippen LogP contribution >= 0.6 is 11.6 Å². The van der Waals surface area contributed by atoms with Gasteiger partial charge in [-0.1, -0.05) is 24.9 Å². The summed E-state index contributed by atoms with van der Waals surface area (Å²) < 4.78 is 5.75. The van der Waals surface area contributed by atoms with Gasteiger partial charge in [0.1, 0.15) is 5.52 Å². The number of benzene rings is 2. The van der Waals surface area contributed by atoms with Gasteiger partial charge in [0.05, 0.1) is 0 Å². The lowest BCUT2D eigenvalue weighted by Gasteiger charge is -2.03. The van der Waals surface area contributed by atoms with Crippen LogP contribution in [0.15, 0.2) is 46.9 Å². The fraction of sp³-hybridized carbons (Fsp3) is 0.222. The van der Waals surface area contributed by atoms with Crippen LogP contribution in [0.3, 0.4) is 0 Å². The predicted molar refractivity (Wildman–Crippen MR) is 92.6 cm³/mol. The number of oxazole rings is 1. The number of fused-ring (bicyclic) bond motifs is 1. The number of halogens is 1. The molecule has 1 amide bonds. The first-order chi connectivity index (χ1) is 11.2. The maximum atomic E-state index is 11.8. The van der Waals surface area contributed by atoms with E-state index in [0.29, 0.717) is 28.4 Å². The summed E-state index contributed by atoms with van der Waals surface area (Å²) in [6, 6.07) is 12.8. The molecule has 1 heterocycles. The highest BCUT2D eigenvalue weighted by atomic mass is 35.5. The van der Waals surface area contributed by atoms with E-state index >= 15 is 0 Å². The fourth-order valence-corrected chi connectivity index (χ4v) is 2.41. The summed E-state index contributed by atoms with van der Waals surface area (Å²) in [6.45, 7) is 2.06. The van der Waals surface area contributed by atoms with Crippen LogP contribution in [0.5, 0.6) is 0 Å². The summed E-state index contributed by atoms with van der Waals surface area (Å²) >= 11 is 5.89. The standard InChI is InChI=1S/C18H17ClN2O2/c1-2-3-4-17(22)20-14-9-10-16-15(11-14)21-18(23-16)12-5-7-13(19)8-6-12/h5-11H,2-4H2,1H3,(H,20,22). The SMILES string of the molecule is CCCCC(=O)Nc1ccc2oc(-c3ccc(Cl)cc3)nc2c1. The van der Waals surface area contributed by atoms with Crippen LogP contribution in [0.25, 0.3) is 22.6 Å². The third-order valence-electron chi connectivity index (χ3n) is 3.52. The number of anilines is 1. The van der Waals surface area contributed by atoms with Crippen molar-refractivity contribution in [3.8, 4) is 11.5 Å². The molecule has 0 unspecified atom stereocenters. The van der Waals surface area contributed by atoms with Crippen molar-refractivity contribution < 1.29 is 9.21 Å². The van der Waals surface area contributed by atoms with E-state index in [1.807, 2.05) is 30.3 Å². The van der Waals surface area contributed by atoms with E-state index in [1.54, 1.807) is 12.1 Å². The Morgan fingerprint density at radius 1 is 1.22 bits per heavy atom. The maximum Gasteiger partial charge on any atom is 0.227 e. The molecule has 0 radical (unpaired) electrons. The summed E-state index contributed by atoms with van der Waals surface area (Å²) in [5.74, 6) is 0.554. The molecule has 0 aliphatic carbocycles. The number of nitrogens with one attached hydrogen (secondary N) is 1. The second kappa shape index (κ2) is 6.84. The maximum absolute atomic E-state index is 11.8. The van der Waals surface area contributed by atoms with Gasteiger partial charge in [-0.2, -0.15) is 0 Å². The topological polar surface area (TPSA) is 55.1 Å². The lowest BCUT2D eigenvalue weighted by molar-refractivity contribution is -0.116. The van der Waals surface area contributed by atoms with Crippen molar-refractivity contribution in [2.24, 2.45) is 0 Å². The summed E-state index contributed by atoms with van der Waals surface area (Å²) in [6.07, 6.45) is 2.42. The van der Waals surface area contributed by atoms with E-state index in [-0.39, 0.29) is 5.91 Å². The van der Waals surface area contributed by atoms with Crippen molar-refractivity contribution in [1.29, 1.82) is 0 Å². The highest BCUT2D eigenvalue weighted by Crippen LogP contribution is 2.27. The van der Waals surface area contributed by atoms with Gasteiger partial charge in [0.25, 0.3) is 0 Å². The normalized spacial score (nSPS) is 10.9. The second-order valence-electron chi connectivity index (χ2n) is 5.36. The largest absolute Gasteiger partial charge is 0.436 e. The van der Waals surface area contributed by atoms with Gasteiger partial charge in [-0.25, -0.2) is 4.98 Å². The molecule has 0 aliphatic rings. The van der Waals surface area contributed by atoms with Crippen LogP contribution in [0.1, 0.15) is 26.2 Å². The number of unbranched alkanes of at least 4 members (excludes halogenated alkanes) is 1. The molecule has 2 aromatic carbocycles. The number of rotatable bonds is 5. The van der Waals surface area contributed by atoms with Gasteiger partial charge in [0, 0.05) is 22.7 Å². The molecule has 0 bridgehead atoms. The third-order valence-corrected chi connectivity index (χ3v) is 3.77. The van der Waals surface area contributed by atoms with Gasteiger partial charge < -0.3 is 9.73 Å². The molecule has 0 saturated heterocycles. The Morgan fingerprint density at radius 3 is 2.74 bits per heavy atom. The molecule has 118 valence electrons. The molecular weight excluding hydrogens is 312 g/mol. The van der Waals surface area contributed by atoms with E-state index in [2.05, 4.69) is 17.2 Å². The van der Waals surface area contributed by atoms with Gasteiger partial charge in [0.15, 0.2) is 5.58 Å². The first-order valence-electron chi connectivity index (χ1n) is 7.62. The van der Waals surface area contributed by atoms with Crippen molar-refractivity contribution in [3.63, 3.8) is 0 Å². The Labute approximate surface area is 139 Å². The molecule has 3 aromatic rings. The molecular formula is C18H17ClN2O2. The molecule has 5 heteroatoms. The first-order valence-corrected chi connectivity index (χ1v) is 8.00. The molecule has 0 atom stereocenters. The zero-order valence-corrected chi connectivity index (χ0v) is 13.6. The number of carbonyl (C=O) groups excluding carboxylic acids is 1. The van der Waals surface area contributed by atoms with Crippen LogP contribution in [0.2, 0.25) is 5.02 Å². The second-order valence-corrected chi connectivity index (χ2v) is 5.80. The Bertz CT molecular complexity index is 825. The summed E-state index contributed by atoms with van der Waals surface area (Å²) in [5.41, 5.74) is 2.98. The minimum Gasteiger partial charge on any atom is -0.436 e. The van der Waals surface area contributed by atoms with E-state index in [9.17, 15) is 4.79 Å². The Morgan fingerprint density at radius 2 is 2.00 bits per heavy atom. The molecule has 0 saturated carbocycles. The molecule has 0 aliphatic heterocycles. The third kappa shape index (κ3) is 3.71. The molecule has 0 fully saturated rings. The summed E-state index contributed by atoms with van der Waals surface area (Å²) in [5, 5.41) is 3.56. The Balaban J connectivity index is 1.83. The Hall–Kier alpha value is -2.33. The number of hydrogen-bond acceptors (Lipinski definition) is 3. The van der Waals surface area contributed by atoms with Crippen molar-refractivity contribution in [2.45, 2.75) is 26.2 Å².